The zero-order valence-electron chi connectivity index (χ0n) is 46.6. The predicted octanol–water partition coefficient (Wildman–Crippen LogP) is 20.2. The molecule has 0 saturated heterocycles. The van der Waals surface area contributed by atoms with Crippen LogP contribution in [-0.4, -0.2) is 31.6 Å². The third-order valence-electron chi connectivity index (χ3n) is 11.7. The molecule has 0 heterocycles. The van der Waals surface area contributed by atoms with Crippen molar-refractivity contribution in [3.05, 3.63) is 265 Å². The average Bonchev–Trinajstić information content (AvgIpc) is 3.31. The SMILES string of the molecule is C.C.C[N-]Cc1cc(C)cc(C)c1CC([N-]c1c(C)cc(C)cc1C)[N-]c1c(C)cc(C)cc1C.C[N-]c1ccccc1CC(O)[N-]c1c(C(C)C)cccc1C(C)C.[CH3-].[CH3-].[Co].[Fe+5].[c-]1ccccc1.[c-]1ccccc1. The van der Waals surface area contributed by atoms with E-state index in [4.69, 9.17) is 10.6 Å². The summed E-state index contributed by atoms with van der Waals surface area (Å²) in [7, 11) is 3.65. The van der Waals surface area contributed by atoms with E-state index in [1.54, 1.807) is 7.05 Å². The van der Waals surface area contributed by atoms with Gasteiger partial charge in [0, 0.05) is 16.8 Å². The molecule has 1 N–H and O–H groups in total. The molecule has 1 atom stereocenters. The molecule has 0 amide bonds. The maximum Gasteiger partial charge on any atom is 5.00 e. The number of para-hydroxylation sites is 2. The zero-order chi connectivity index (χ0) is 50.5. The Balaban J connectivity index is -0.00000108. The summed E-state index contributed by atoms with van der Waals surface area (Å²) in [5.74, 6) is 0.736. The van der Waals surface area contributed by atoms with Crippen molar-refractivity contribution in [2.75, 3.05) is 14.1 Å². The van der Waals surface area contributed by atoms with Crippen molar-refractivity contribution in [3.63, 3.8) is 0 Å². The summed E-state index contributed by atoms with van der Waals surface area (Å²) in [5.41, 5.74) is 19.9. The summed E-state index contributed by atoms with van der Waals surface area (Å²) in [5, 5.41) is 34.5. The molecule has 0 fully saturated rings. The molecule has 0 spiro atoms. The maximum absolute atomic E-state index is 10.6. The number of hydrogen-bond donors (Lipinski definition) is 1. The molecule has 0 aliphatic heterocycles. The minimum atomic E-state index is -0.773. The summed E-state index contributed by atoms with van der Waals surface area (Å²) >= 11 is 0. The minimum absolute atomic E-state index is 0. The second kappa shape index (κ2) is 38.3. The Hall–Kier alpha value is -5.31. The van der Waals surface area contributed by atoms with Gasteiger partial charge in [-0.2, -0.15) is 79.8 Å². The van der Waals surface area contributed by atoms with E-state index in [0.717, 1.165) is 41.3 Å². The summed E-state index contributed by atoms with van der Waals surface area (Å²) in [4.78, 5) is 0. The number of nitrogens with zero attached hydrogens (tertiary/aromatic N) is 5. The standard InChI is InChI=1S/C30H38N3.C21H28N2O.2C6H5.2CH4.2CH3.Co.Fe/c1-18-11-22(5)29(23(6)12-18)32-28(33-30-24(7)13-19(2)14-25(30)8)16-27-21(4)10-20(3)15-26(27)17-31-9;1-14(2)17-10-8-11-18(15(3)4)21(17)23-20(24)13-16-9-6-7-12-19(16)22-5;2*1-2-4-6-5-3-1;;;;;;/h10-15,28H,16-17H2,1-9H3;6-12,14-15,20,24H,13H2,1-5H3;2*1-5H;2*1H4;2*1H3;;/q-3;-2;2*-1;;;2*-1;;+5. The van der Waals surface area contributed by atoms with E-state index < -0.39 is 6.23 Å². The van der Waals surface area contributed by atoms with Crippen LogP contribution in [-0.2, 0) is 53.2 Å². The third kappa shape index (κ3) is 24.1. The molecule has 7 aromatic rings. The van der Waals surface area contributed by atoms with E-state index in [9.17, 15) is 5.11 Å². The molecular formula is C67H90CoFeN5O-4. The topological polar surface area (TPSA) is 90.7 Å². The zero-order valence-corrected chi connectivity index (χ0v) is 48.7. The Morgan fingerprint density at radius 1 is 0.480 bits per heavy atom. The molecule has 6 nitrogen and oxygen atoms in total. The van der Waals surface area contributed by atoms with Crippen molar-refractivity contribution in [3.8, 4) is 0 Å². The molecule has 0 aromatic heterocycles. The Kier molecular flexibility index (Phi) is 37.7. The van der Waals surface area contributed by atoms with Gasteiger partial charge in [-0.05, 0) is 91.0 Å². The number of rotatable bonds is 15. The van der Waals surface area contributed by atoms with Gasteiger partial charge in [0.2, 0.25) is 0 Å². The molecular weight excluding hydrogens is 1010 g/mol. The van der Waals surface area contributed by atoms with Gasteiger partial charge in [0.15, 0.2) is 0 Å². The molecule has 75 heavy (non-hydrogen) atoms. The second-order valence-electron chi connectivity index (χ2n) is 18.5. The van der Waals surface area contributed by atoms with Gasteiger partial charge in [-0.15, -0.1) is 36.3 Å². The van der Waals surface area contributed by atoms with Crippen molar-refractivity contribution in [2.24, 2.45) is 0 Å². The van der Waals surface area contributed by atoms with Crippen molar-refractivity contribution >= 4 is 22.7 Å². The molecule has 410 valence electrons. The molecule has 2 radical (unpaired) electrons. The number of aliphatic hydroxyl groups is 1. The minimum Gasteiger partial charge on any atom is -0.696 e. The molecule has 8 heteroatoms. The molecule has 7 aromatic carbocycles. The third-order valence-corrected chi connectivity index (χ3v) is 11.7. The first-order chi connectivity index (χ1) is 33.0. The van der Waals surface area contributed by atoms with Crippen LogP contribution in [0.1, 0.15) is 127 Å². The van der Waals surface area contributed by atoms with Gasteiger partial charge >= 0.3 is 17.1 Å². The molecule has 0 bridgehead atoms. The van der Waals surface area contributed by atoms with Gasteiger partial charge in [-0.3, -0.25) is 0 Å². The van der Waals surface area contributed by atoms with Crippen molar-refractivity contribution in [1.82, 2.24) is 0 Å². The Labute approximate surface area is 479 Å². The van der Waals surface area contributed by atoms with Gasteiger partial charge in [0.25, 0.3) is 0 Å². The maximum atomic E-state index is 10.6. The van der Waals surface area contributed by atoms with E-state index in [2.05, 4.69) is 166 Å². The largest absolute Gasteiger partial charge is 5.00 e. The molecule has 0 aliphatic rings. The van der Waals surface area contributed by atoms with Gasteiger partial charge < -0.3 is 46.5 Å². The molecule has 7 rings (SSSR count). The van der Waals surface area contributed by atoms with Crippen LogP contribution in [0.3, 0.4) is 0 Å². The van der Waals surface area contributed by atoms with Crippen molar-refractivity contribution in [1.29, 1.82) is 0 Å². The van der Waals surface area contributed by atoms with Gasteiger partial charge in [0.05, 0.1) is 0 Å². The van der Waals surface area contributed by atoms with Crippen LogP contribution in [0.2, 0.25) is 0 Å². The van der Waals surface area contributed by atoms with E-state index in [0.29, 0.717) is 18.3 Å². The predicted molar refractivity (Wildman–Crippen MR) is 323 cm³/mol. The Morgan fingerprint density at radius 2 is 0.893 bits per heavy atom. The number of benzene rings is 7. The van der Waals surface area contributed by atoms with Crippen LogP contribution in [0.5, 0.6) is 0 Å². The van der Waals surface area contributed by atoms with E-state index in [1.807, 2.05) is 92.0 Å². The summed E-state index contributed by atoms with van der Waals surface area (Å²) in [6.07, 6.45) is 0.251. The van der Waals surface area contributed by atoms with Crippen molar-refractivity contribution in [2.45, 2.75) is 142 Å². The molecule has 1 unspecified atom stereocenters. The van der Waals surface area contributed by atoms with Crippen LogP contribution in [0.25, 0.3) is 26.6 Å². The van der Waals surface area contributed by atoms with Crippen molar-refractivity contribution < 1.29 is 39.0 Å². The van der Waals surface area contributed by atoms with Crippen LogP contribution >= 0.6 is 0 Å². The summed E-state index contributed by atoms with van der Waals surface area (Å²) in [6, 6.07) is 52.6. The monoisotopic (exact) mass is 1100 g/mol. The summed E-state index contributed by atoms with van der Waals surface area (Å²) in [6.45, 7) is 26.6. The quantitative estimate of drug-likeness (QED) is 0.0804. The Morgan fingerprint density at radius 3 is 1.27 bits per heavy atom. The Bertz CT molecular complexity index is 2400. The fourth-order valence-corrected chi connectivity index (χ4v) is 8.68. The molecule has 0 saturated carbocycles. The number of aliphatic hydroxyl groups excluding tert-OH is 1. The van der Waals surface area contributed by atoms with Crippen LogP contribution < -0.4 is 0 Å². The fraction of sp³-hybridized carbons (Fsp3) is 0.343. The fourth-order valence-electron chi connectivity index (χ4n) is 8.68. The smallest absolute Gasteiger partial charge is 0.696 e. The van der Waals surface area contributed by atoms with E-state index in [1.165, 1.54) is 66.8 Å². The van der Waals surface area contributed by atoms with Crippen LogP contribution in [0.4, 0.5) is 22.7 Å². The first-order valence-corrected chi connectivity index (χ1v) is 24.3. The van der Waals surface area contributed by atoms with Gasteiger partial charge in [-0.25, -0.2) is 6.17 Å². The van der Waals surface area contributed by atoms with E-state index >= 15 is 0 Å². The van der Waals surface area contributed by atoms with Crippen LogP contribution in [0.15, 0.2) is 140 Å². The van der Waals surface area contributed by atoms with Crippen LogP contribution in [0, 0.1) is 82.4 Å². The summed E-state index contributed by atoms with van der Waals surface area (Å²) < 4.78 is 0. The molecule has 0 aliphatic carbocycles. The number of aryl methyl sites for hydroxylation is 8. The first kappa shape index (κ1) is 73.9. The second-order valence-corrected chi connectivity index (χ2v) is 18.5. The average molecular weight is 1100 g/mol. The van der Waals surface area contributed by atoms with Gasteiger partial charge in [0.1, 0.15) is 0 Å². The normalized spacial score (nSPS) is 10.2. The first-order valence-electron chi connectivity index (χ1n) is 24.3. The van der Waals surface area contributed by atoms with Gasteiger partial charge in [-0.1, -0.05) is 189 Å². The number of hydrogen-bond acceptors (Lipinski definition) is 1. The van der Waals surface area contributed by atoms with E-state index in [-0.39, 0.29) is 69.7 Å².